The number of aryl methyl sites for hydroxylation is 1. The molecule has 0 fully saturated rings. The summed E-state index contributed by atoms with van der Waals surface area (Å²) in [7, 11) is 1.53. The summed E-state index contributed by atoms with van der Waals surface area (Å²) in [6.45, 7) is 1.87. The van der Waals surface area contributed by atoms with E-state index in [-0.39, 0.29) is 11.6 Å². The Kier molecular flexibility index (Phi) is 3.68. The maximum absolute atomic E-state index is 12.3. The van der Waals surface area contributed by atoms with Crippen molar-refractivity contribution in [1.82, 2.24) is 14.6 Å². The molecule has 112 valence electrons. The molecule has 0 aliphatic carbocycles. The van der Waals surface area contributed by atoms with Gasteiger partial charge in [0, 0.05) is 5.02 Å². The van der Waals surface area contributed by atoms with E-state index in [9.17, 15) is 4.79 Å². The molecule has 22 heavy (non-hydrogen) atoms. The van der Waals surface area contributed by atoms with E-state index >= 15 is 0 Å². The molecule has 0 spiro atoms. The van der Waals surface area contributed by atoms with Crippen LogP contribution in [0.5, 0.6) is 5.75 Å². The molecule has 2 heterocycles. The average molecular weight is 317 g/mol. The minimum atomic E-state index is -0.353. The number of carbonyl (C=O) groups excluding carboxylic acids is 1. The van der Waals surface area contributed by atoms with Gasteiger partial charge in [-0.25, -0.2) is 9.50 Å². The van der Waals surface area contributed by atoms with Crippen molar-refractivity contribution in [3.05, 3.63) is 52.9 Å². The smallest absolute Gasteiger partial charge is 0.276 e. The molecule has 0 aliphatic heterocycles. The Hall–Kier alpha value is -2.60. The fourth-order valence-electron chi connectivity index (χ4n) is 2.09. The normalized spacial score (nSPS) is 10.7. The molecule has 3 aromatic rings. The van der Waals surface area contributed by atoms with Gasteiger partial charge < -0.3 is 10.1 Å². The summed E-state index contributed by atoms with van der Waals surface area (Å²) in [6.07, 6.45) is 1.76. The number of hydrogen-bond donors (Lipinski definition) is 1. The minimum absolute atomic E-state index is 0.270. The van der Waals surface area contributed by atoms with Crippen LogP contribution in [-0.2, 0) is 0 Å². The number of halogens is 1. The van der Waals surface area contributed by atoms with Crippen LogP contribution < -0.4 is 10.1 Å². The zero-order valence-corrected chi connectivity index (χ0v) is 12.8. The molecule has 2 aromatic heterocycles. The van der Waals surface area contributed by atoms with Crippen molar-refractivity contribution >= 4 is 28.8 Å². The number of methoxy groups -OCH3 is 1. The van der Waals surface area contributed by atoms with Crippen LogP contribution >= 0.6 is 11.6 Å². The molecular formula is C15H13ClN4O2. The monoisotopic (exact) mass is 316 g/mol. The summed E-state index contributed by atoms with van der Waals surface area (Å²) in [6, 6.07) is 8.36. The van der Waals surface area contributed by atoms with Crippen molar-refractivity contribution in [1.29, 1.82) is 0 Å². The van der Waals surface area contributed by atoms with E-state index in [0.29, 0.717) is 22.1 Å². The molecule has 0 unspecified atom stereocenters. The lowest BCUT2D eigenvalue weighted by Gasteiger charge is -2.10. The lowest BCUT2D eigenvalue weighted by Crippen LogP contribution is -2.15. The largest absolute Gasteiger partial charge is 0.495 e. The van der Waals surface area contributed by atoms with E-state index in [0.717, 1.165) is 5.69 Å². The maximum Gasteiger partial charge on any atom is 0.276 e. The first kappa shape index (κ1) is 14.3. The number of imidazole rings is 1. The highest BCUT2D eigenvalue weighted by Crippen LogP contribution is 2.27. The van der Waals surface area contributed by atoms with E-state index < -0.39 is 0 Å². The van der Waals surface area contributed by atoms with Crippen LogP contribution in [0.4, 0.5) is 5.69 Å². The first-order valence-electron chi connectivity index (χ1n) is 6.55. The molecule has 0 saturated carbocycles. The lowest BCUT2D eigenvalue weighted by molar-refractivity contribution is 0.102. The number of amides is 1. The summed E-state index contributed by atoms with van der Waals surface area (Å²) < 4.78 is 6.77. The molecule has 1 amide bonds. The number of aromatic nitrogens is 3. The molecular weight excluding hydrogens is 304 g/mol. The standard InChI is InChI=1S/C15H13ClN4O2/c1-9-8-20-14(17-9)6-4-11(19-20)15(21)18-12-7-10(16)3-5-13(12)22-2/h3-8H,1-2H3,(H,18,21). The highest BCUT2D eigenvalue weighted by atomic mass is 35.5. The van der Waals surface area contributed by atoms with E-state index in [2.05, 4.69) is 15.4 Å². The molecule has 0 saturated heterocycles. The van der Waals surface area contributed by atoms with E-state index in [4.69, 9.17) is 16.3 Å². The van der Waals surface area contributed by atoms with Crippen LogP contribution in [0.1, 0.15) is 16.2 Å². The van der Waals surface area contributed by atoms with Crippen molar-refractivity contribution in [2.24, 2.45) is 0 Å². The van der Waals surface area contributed by atoms with Crippen LogP contribution in [0.25, 0.3) is 5.65 Å². The van der Waals surface area contributed by atoms with E-state index in [1.807, 2.05) is 6.92 Å². The Balaban J connectivity index is 1.91. The average Bonchev–Trinajstić information content (AvgIpc) is 2.86. The number of rotatable bonds is 3. The number of anilines is 1. The summed E-state index contributed by atoms with van der Waals surface area (Å²) in [4.78, 5) is 16.6. The van der Waals surface area contributed by atoms with Gasteiger partial charge in [-0.1, -0.05) is 11.6 Å². The SMILES string of the molecule is COc1ccc(Cl)cc1NC(=O)c1ccc2nc(C)cn2n1. The fourth-order valence-corrected chi connectivity index (χ4v) is 2.26. The van der Waals surface area contributed by atoms with Gasteiger partial charge in [-0.3, -0.25) is 4.79 Å². The fraction of sp³-hybridized carbons (Fsp3) is 0.133. The second-order valence-corrected chi connectivity index (χ2v) is 5.14. The van der Waals surface area contributed by atoms with Gasteiger partial charge in [0.25, 0.3) is 5.91 Å². The number of nitrogens with zero attached hydrogens (tertiary/aromatic N) is 3. The van der Waals surface area contributed by atoms with Crippen LogP contribution in [0.3, 0.4) is 0 Å². The Morgan fingerprint density at radius 2 is 2.14 bits per heavy atom. The molecule has 7 heteroatoms. The Labute approximate surface area is 131 Å². The van der Waals surface area contributed by atoms with Crippen molar-refractivity contribution in [2.75, 3.05) is 12.4 Å². The summed E-state index contributed by atoms with van der Waals surface area (Å²) in [5, 5.41) is 7.49. The van der Waals surface area contributed by atoms with Crippen LogP contribution in [0.2, 0.25) is 5.02 Å². The number of hydrogen-bond acceptors (Lipinski definition) is 4. The van der Waals surface area contributed by atoms with Crippen molar-refractivity contribution < 1.29 is 9.53 Å². The molecule has 0 atom stereocenters. The summed E-state index contributed by atoms with van der Waals surface area (Å²) in [5.74, 6) is 0.172. The van der Waals surface area contributed by atoms with Gasteiger partial charge in [-0.15, -0.1) is 0 Å². The predicted molar refractivity (Wildman–Crippen MR) is 83.7 cm³/mol. The van der Waals surface area contributed by atoms with Gasteiger partial charge in [-0.2, -0.15) is 5.10 Å². The molecule has 0 bridgehead atoms. The third-order valence-corrected chi connectivity index (χ3v) is 3.32. The third-order valence-electron chi connectivity index (χ3n) is 3.08. The van der Waals surface area contributed by atoms with E-state index in [1.165, 1.54) is 7.11 Å². The van der Waals surface area contributed by atoms with Gasteiger partial charge in [0.1, 0.15) is 11.4 Å². The van der Waals surface area contributed by atoms with Crippen LogP contribution in [0.15, 0.2) is 36.5 Å². The molecule has 3 rings (SSSR count). The number of nitrogens with one attached hydrogen (secondary N) is 1. The zero-order valence-electron chi connectivity index (χ0n) is 12.0. The molecule has 0 aliphatic rings. The first-order valence-corrected chi connectivity index (χ1v) is 6.92. The first-order chi connectivity index (χ1) is 10.6. The second kappa shape index (κ2) is 5.65. The Morgan fingerprint density at radius 1 is 1.32 bits per heavy atom. The van der Waals surface area contributed by atoms with Crippen molar-refractivity contribution in [3.63, 3.8) is 0 Å². The summed E-state index contributed by atoms with van der Waals surface area (Å²) in [5.41, 5.74) is 2.28. The number of benzene rings is 1. The quantitative estimate of drug-likeness (QED) is 0.806. The third kappa shape index (κ3) is 2.73. The Bertz CT molecular complexity index is 860. The van der Waals surface area contributed by atoms with E-state index in [1.54, 1.807) is 41.0 Å². The van der Waals surface area contributed by atoms with Gasteiger partial charge in [0.2, 0.25) is 0 Å². The van der Waals surface area contributed by atoms with Gasteiger partial charge in [0.15, 0.2) is 5.65 Å². The van der Waals surface area contributed by atoms with Gasteiger partial charge in [-0.05, 0) is 37.3 Å². The molecule has 1 N–H and O–H groups in total. The number of fused-ring (bicyclic) bond motifs is 1. The van der Waals surface area contributed by atoms with Gasteiger partial charge >= 0.3 is 0 Å². The summed E-state index contributed by atoms with van der Waals surface area (Å²) >= 11 is 5.95. The molecule has 6 nitrogen and oxygen atoms in total. The topological polar surface area (TPSA) is 68.5 Å². The number of ether oxygens (including phenoxy) is 1. The maximum atomic E-state index is 12.3. The Morgan fingerprint density at radius 3 is 2.91 bits per heavy atom. The second-order valence-electron chi connectivity index (χ2n) is 4.70. The lowest BCUT2D eigenvalue weighted by atomic mass is 10.2. The molecule has 0 radical (unpaired) electrons. The highest BCUT2D eigenvalue weighted by Gasteiger charge is 2.13. The molecule has 1 aromatic carbocycles. The number of carbonyl (C=O) groups is 1. The van der Waals surface area contributed by atoms with Crippen LogP contribution in [0, 0.1) is 6.92 Å². The minimum Gasteiger partial charge on any atom is -0.495 e. The van der Waals surface area contributed by atoms with Crippen LogP contribution in [-0.4, -0.2) is 27.6 Å². The van der Waals surface area contributed by atoms with Crippen molar-refractivity contribution in [2.45, 2.75) is 6.92 Å². The van der Waals surface area contributed by atoms with Crippen molar-refractivity contribution in [3.8, 4) is 5.75 Å². The zero-order chi connectivity index (χ0) is 15.7. The highest BCUT2D eigenvalue weighted by molar-refractivity contribution is 6.31. The van der Waals surface area contributed by atoms with Gasteiger partial charge in [0.05, 0.1) is 24.7 Å². The predicted octanol–water partition coefficient (Wildman–Crippen LogP) is 2.95.